The third kappa shape index (κ3) is 4.30. The number of pyridine rings is 1. The maximum Gasteiger partial charge on any atom is 0.262 e. The van der Waals surface area contributed by atoms with E-state index >= 15 is 0 Å². The predicted molar refractivity (Wildman–Crippen MR) is 131 cm³/mol. The van der Waals surface area contributed by atoms with Gasteiger partial charge in [0.1, 0.15) is 17.2 Å². The van der Waals surface area contributed by atoms with Gasteiger partial charge in [-0.3, -0.25) is 4.79 Å². The van der Waals surface area contributed by atoms with E-state index in [0.29, 0.717) is 43.3 Å². The van der Waals surface area contributed by atoms with Crippen LogP contribution >= 0.6 is 0 Å². The summed E-state index contributed by atoms with van der Waals surface area (Å²) in [6.45, 7) is 9.77. The Morgan fingerprint density at radius 1 is 1.14 bits per heavy atom. The first-order valence-electron chi connectivity index (χ1n) is 11.8. The minimum atomic E-state index is -0.774. The lowest BCUT2D eigenvalue weighted by molar-refractivity contribution is 0.102. The van der Waals surface area contributed by atoms with Gasteiger partial charge in [0.25, 0.3) is 5.91 Å². The summed E-state index contributed by atoms with van der Waals surface area (Å²) in [5.41, 5.74) is 3.47. The standard InChI is InChI=1S/C25H27F2N7O2/c1-14(2)34-23(27)19(12-28-34)25(35)30-21-11-18(15(3)9-20(21)26)17-10-22(32-5-7-36-8-6-32)24-29-16(4)31-33(24)13-17/h9-14H,5-8H2,1-4H3,(H,30,35). The third-order valence-corrected chi connectivity index (χ3v) is 6.21. The molecular weight excluding hydrogens is 468 g/mol. The lowest BCUT2D eigenvalue weighted by Gasteiger charge is -2.29. The molecular formula is C25H27F2N7O2. The maximum atomic E-state index is 14.9. The third-order valence-electron chi connectivity index (χ3n) is 6.21. The topological polar surface area (TPSA) is 89.6 Å². The Hall–Kier alpha value is -3.86. The van der Waals surface area contributed by atoms with Crippen molar-refractivity contribution in [2.24, 2.45) is 0 Å². The van der Waals surface area contributed by atoms with Crippen LogP contribution < -0.4 is 10.2 Å². The number of carbonyl (C=O) groups is 1. The summed E-state index contributed by atoms with van der Waals surface area (Å²) in [4.78, 5) is 19.6. The predicted octanol–water partition coefficient (Wildman–Crippen LogP) is 4.16. The highest BCUT2D eigenvalue weighted by molar-refractivity contribution is 6.04. The Morgan fingerprint density at radius 3 is 2.58 bits per heavy atom. The minimum Gasteiger partial charge on any atom is -0.378 e. The van der Waals surface area contributed by atoms with Gasteiger partial charge < -0.3 is 15.0 Å². The van der Waals surface area contributed by atoms with E-state index in [0.717, 1.165) is 27.8 Å². The molecule has 3 aromatic heterocycles. The summed E-state index contributed by atoms with van der Waals surface area (Å²) in [6.07, 6.45) is 2.98. The van der Waals surface area contributed by atoms with Crippen LogP contribution in [0.4, 0.5) is 20.2 Å². The molecule has 0 bridgehead atoms. The van der Waals surface area contributed by atoms with Crippen molar-refractivity contribution < 1.29 is 18.3 Å². The zero-order valence-electron chi connectivity index (χ0n) is 20.5. The molecule has 9 nitrogen and oxygen atoms in total. The Labute approximate surface area is 206 Å². The number of nitrogens with one attached hydrogen (secondary N) is 1. The number of aromatic nitrogens is 5. The number of carbonyl (C=O) groups excluding carboxylic acids is 1. The molecule has 1 aliphatic rings. The Morgan fingerprint density at radius 2 is 1.89 bits per heavy atom. The number of hydrogen-bond donors (Lipinski definition) is 1. The molecule has 4 aromatic rings. The summed E-state index contributed by atoms with van der Waals surface area (Å²) < 4.78 is 37.9. The summed E-state index contributed by atoms with van der Waals surface area (Å²) in [7, 11) is 0. The van der Waals surface area contributed by atoms with E-state index in [9.17, 15) is 13.6 Å². The van der Waals surface area contributed by atoms with Gasteiger partial charge in [0, 0.05) is 30.9 Å². The molecule has 0 atom stereocenters. The summed E-state index contributed by atoms with van der Waals surface area (Å²) >= 11 is 0. The van der Waals surface area contributed by atoms with E-state index in [1.165, 1.54) is 6.07 Å². The normalized spacial score (nSPS) is 14.1. The monoisotopic (exact) mass is 495 g/mol. The van der Waals surface area contributed by atoms with Crippen LogP contribution in [0.25, 0.3) is 16.8 Å². The molecule has 0 radical (unpaired) electrons. The molecule has 5 rings (SSSR count). The van der Waals surface area contributed by atoms with Crippen LogP contribution in [0, 0.1) is 25.6 Å². The summed E-state index contributed by atoms with van der Waals surface area (Å²) in [6, 6.07) is 4.64. The average Bonchev–Trinajstić information content (AvgIpc) is 3.42. The van der Waals surface area contributed by atoms with Crippen molar-refractivity contribution in [2.75, 3.05) is 36.5 Å². The van der Waals surface area contributed by atoms with Gasteiger partial charge in [0.2, 0.25) is 5.95 Å². The van der Waals surface area contributed by atoms with Gasteiger partial charge in [-0.05, 0) is 57.0 Å². The van der Waals surface area contributed by atoms with Crippen molar-refractivity contribution in [3.63, 3.8) is 0 Å². The molecule has 11 heteroatoms. The quantitative estimate of drug-likeness (QED) is 0.447. The summed E-state index contributed by atoms with van der Waals surface area (Å²) in [5.74, 6) is -1.52. The summed E-state index contributed by atoms with van der Waals surface area (Å²) in [5, 5.41) is 10.9. The molecule has 1 amide bonds. The first kappa shape index (κ1) is 23.9. The van der Waals surface area contributed by atoms with E-state index in [2.05, 4.69) is 25.4 Å². The number of hydrogen-bond acceptors (Lipinski definition) is 6. The van der Waals surface area contributed by atoms with Crippen molar-refractivity contribution in [1.82, 2.24) is 24.4 Å². The van der Waals surface area contributed by atoms with Crippen molar-refractivity contribution in [3.05, 3.63) is 59.3 Å². The van der Waals surface area contributed by atoms with Gasteiger partial charge in [-0.15, -0.1) is 0 Å². The van der Waals surface area contributed by atoms with Crippen LogP contribution in [0.2, 0.25) is 0 Å². The van der Waals surface area contributed by atoms with Gasteiger partial charge in [0.05, 0.1) is 30.8 Å². The van der Waals surface area contributed by atoms with Crippen molar-refractivity contribution in [2.45, 2.75) is 33.7 Å². The minimum absolute atomic E-state index is 0.0555. The van der Waals surface area contributed by atoms with E-state index in [1.807, 2.05) is 19.2 Å². The average molecular weight is 496 g/mol. The van der Waals surface area contributed by atoms with Gasteiger partial charge in [-0.2, -0.15) is 14.6 Å². The number of aryl methyl sites for hydroxylation is 2. The molecule has 0 saturated carbocycles. The molecule has 188 valence electrons. The molecule has 4 heterocycles. The highest BCUT2D eigenvalue weighted by Gasteiger charge is 2.22. The van der Waals surface area contributed by atoms with Crippen LogP contribution in [0.15, 0.2) is 30.6 Å². The van der Waals surface area contributed by atoms with Gasteiger partial charge in [-0.25, -0.2) is 18.6 Å². The smallest absolute Gasteiger partial charge is 0.262 e. The van der Waals surface area contributed by atoms with Crippen LogP contribution in [0.1, 0.15) is 41.6 Å². The SMILES string of the molecule is Cc1nc2c(N3CCOCC3)cc(-c3cc(NC(=O)c4cnn(C(C)C)c4F)c(F)cc3C)cn2n1. The molecule has 1 aromatic carbocycles. The number of fused-ring (bicyclic) bond motifs is 1. The number of nitrogens with zero attached hydrogens (tertiary/aromatic N) is 6. The van der Waals surface area contributed by atoms with Crippen molar-refractivity contribution in [1.29, 1.82) is 0 Å². The Balaban J connectivity index is 1.55. The van der Waals surface area contributed by atoms with Crippen LogP contribution in [0.5, 0.6) is 0 Å². The second kappa shape index (κ2) is 9.30. The Kier molecular flexibility index (Phi) is 6.17. The number of halogens is 2. The van der Waals surface area contributed by atoms with Crippen LogP contribution in [-0.2, 0) is 4.74 Å². The lowest BCUT2D eigenvalue weighted by atomic mass is 10.00. The molecule has 1 aliphatic heterocycles. The first-order chi connectivity index (χ1) is 17.2. The largest absolute Gasteiger partial charge is 0.378 e. The molecule has 1 N–H and O–H groups in total. The van der Waals surface area contributed by atoms with E-state index < -0.39 is 17.7 Å². The number of benzene rings is 1. The molecule has 0 unspecified atom stereocenters. The fraction of sp³-hybridized carbons (Fsp3) is 0.360. The Bertz CT molecular complexity index is 1450. The molecule has 0 spiro atoms. The van der Waals surface area contributed by atoms with E-state index in [-0.39, 0.29) is 17.3 Å². The maximum absolute atomic E-state index is 14.9. The highest BCUT2D eigenvalue weighted by atomic mass is 19.1. The number of morpholine rings is 1. The van der Waals surface area contributed by atoms with E-state index in [1.54, 1.807) is 31.4 Å². The fourth-order valence-electron chi connectivity index (χ4n) is 4.39. The lowest BCUT2D eigenvalue weighted by Crippen LogP contribution is -2.36. The zero-order chi connectivity index (χ0) is 25.6. The fourth-order valence-corrected chi connectivity index (χ4v) is 4.39. The van der Waals surface area contributed by atoms with Crippen molar-refractivity contribution in [3.8, 4) is 11.1 Å². The molecule has 1 saturated heterocycles. The highest BCUT2D eigenvalue weighted by Crippen LogP contribution is 2.33. The second-order valence-corrected chi connectivity index (χ2v) is 9.13. The van der Waals surface area contributed by atoms with Gasteiger partial charge in [-0.1, -0.05) is 0 Å². The van der Waals surface area contributed by atoms with Gasteiger partial charge in [0.15, 0.2) is 5.65 Å². The number of anilines is 2. The molecule has 1 fully saturated rings. The van der Waals surface area contributed by atoms with Crippen LogP contribution in [-0.4, -0.2) is 56.6 Å². The van der Waals surface area contributed by atoms with E-state index in [4.69, 9.17) is 4.74 Å². The first-order valence-corrected chi connectivity index (χ1v) is 11.8. The van der Waals surface area contributed by atoms with Gasteiger partial charge >= 0.3 is 0 Å². The second-order valence-electron chi connectivity index (χ2n) is 9.13. The molecule has 36 heavy (non-hydrogen) atoms. The molecule has 0 aliphatic carbocycles. The number of amides is 1. The number of rotatable bonds is 5. The zero-order valence-corrected chi connectivity index (χ0v) is 20.5. The van der Waals surface area contributed by atoms with Crippen LogP contribution in [0.3, 0.4) is 0 Å². The number of ether oxygens (including phenoxy) is 1. The van der Waals surface area contributed by atoms with Crippen molar-refractivity contribution >= 4 is 22.9 Å².